The van der Waals surface area contributed by atoms with E-state index in [1.165, 1.54) is 48.5 Å². The molecule has 6 N–H and O–H groups in total. The summed E-state index contributed by atoms with van der Waals surface area (Å²) in [7, 11) is -4.94. The predicted octanol–water partition coefficient (Wildman–Crippen LogP) is -2.19. The number of ether oxygens (including phenoxy) is 3. The number of aromatic nitrogens is 6. The van der Waals surface area contributed by atoms with Crippen LogP contribution in [0.5, 0.6) is 34.5 Å². The van der Waals surface area contributed by atoms with Crippen molar-refractivity contribution in [2.24, 2.45) is 0 Å². The number of carbonyl (C=O) groups excluding carboxylic acids is 3. The zero-order valence-electron chi connectivity index (χ0n) is 66.1. The lowest BCUT2D eigenvalue weighted by Gasteiger charge is -2.17. The van der Waals surface area contributed by atoms with Gasteiger partial charge in [-0.3, -0.25) is 0 Å². The third-order valence-electron chi connectivity index (χ3n) is 19.0. The summed E-state index contributed by atoms with van der Waals surface area (Å²) in [6.45, 7) is 7.78. The summed E-state index contributed by atoms with van der Waals surface area (Å²) in [6.07, 6.45) is 14.0. The fourth-order valence-electron chi connectivity index (χ4n) is 13.9. The lowest BCUT2D eigenvalue weighted by atomic mass is 10.0. The Hall–Kier alpha value is -12.1. The predicted molar refractivity (Wildman–Crippen MR) is 432 cm³/mol. The summed E-state index contributed by atoms with van der Waals surface area (Å²) < 4.78 is 115. The minimum Gasteiger partial charge on any atom is -1.00 e. The maximum Gasteiger partial charge on any atom is 0.348 e. The van der Waals surface area contributed by atoms with E-state index in [0.29, 0.717) is 65.9 Å². The van der Waals surface area contributed by atoms with Gasteiger partial charge in [0.2, 0.25) is 66.2 Å². The van der Waals surface area contributed by atoms with Gasteiger partial charge in [-0.1, -0.05) is 53.0 Å². The first-order valence-electron chi connectivity index (χ1n) is 37.2. The number of hydrogen-bond acceptors (Lipinski definition) is 16. The van der Waals surface area contributed by atoms with Gasteiger partial charge in [-0.2, -0.15) is 26.4 Å². The molecule has 0 radical (unpaired) electrons. The number of nitrogens with zero attached hydrogens (tertiary/aromatic N) is 6. The van der Waals surface area contributed by atoms with Crippen molar-refractivity contribution in [1.82, 2.24) is 0 Å². The van der Waals surface area contributed by atoms with Gasteiger partial charge in [-0.05, 0) is 137 Å². The maximum absolute atomic E-state index is 14.1. The van der Waals surface area contributed by atoms with Crippen LogP contribution in [0.3, 0.4) is 0 Å². The van der Waals surface area contributed by atoms with Crippen molar-refractivity contribution in [1.29, 1.82) is 0 Å². The highest BCUT2D eigenvalue weighted by atomic mass is 79.9. The second kappa shape index (κ2) is 44.5. The Labute approximate surface area is 756 Å². The molecular weight excluding hydrogens is 1840 g/mol. The number of halogens is 12. The number of para-hydroxylation sites is 1. The molecule has 12 aromatic heterocycles. The van der Waals surface area contributed by atoms with Crippen LogP contribution in [0.2, 0.25) is 5.02 Å². The Balaban J connectivity index is 0.000000202. The van der Waals surface area contributed by atoms with Gasteiger partial charge in [-0.15, -0.1) is 10.2 Å². The van der Waals surface area contributed by atoms with Crippen LogP contribution in [-0.2, 0) is 20.6 Å². The number of unbranched alkanes of at least 4 members (excludes halogenated alkanes) is 1. The molecule has 0 aliphatic heterocycles. The van der Waals surface area contributed by atoms with E-state index in [1.54, 1.807) is 144 Å². The van der Waals surface area contributed by atoms with E-state index in [2.05, 4.69) is 31.7 Å². The van der Waals surface area contributed by atoms with Crippen molar-refractivity contribution in [2.45, 2.75) is 47.0 Å². The van der Waals surface area contributed by atoms with Gasteiger partial charge in [-0.25, -0.2) is 50.6 Å². The van der Waals surface area contributed by atoms with Crippen LogP contribution in [0, 0.1) is 33.5 Å². The SMILES string of the molecule is CCCCc1c(O)c2cccc(Cl)c2[n+]2ccccc12.CCOC(=O)c1c(O)c2c(F)cccc2[n+]2ccccc12.CCOC(=O)c1c(O)c2cc(F)ccc2[n+]2ccccc12.CCOC(=O)c1c(O)c2ccc(F)cc2[n+]2ccccc12.Oc1cc2cccc[n+]2c2cc(F)ccc12.Oc1cc2cccc[n+]2c2ccc(Br)cc12.[Cl-].[Cl-].[Cl-].[Cl-].[Cl-].[O-][Cl+3]([O-])([O-])[O-]. The van der Waals surface area contributed by atoms with Crippen molar-refractivity contribution < 1.29 is 194 Å². The van der Waals surface area contributed by atoms with Gasteiger partial charge in [0.1, 0.15) is 50.9 Å². The van der Waals surface area contributed by atoms with Crippen LogP contribution >= 0.6 is 27.5 Å². The third kappa shape index (κ3) is 22.2. The topological polar surface area (TPSA) is 317 Å². The van der Waals surface area contributed by atoms with E-state index in [-0.39, 0.29) is 132 Å². The molecule has 0 aliphatic carbocycles. The highest BCUT2D eigenvalue weighted by Crippen LogP contribution is 2.37. The molecule has 125 heavy (non-hydrogen) atoms. The number of aromatic hydroxyl groups is 6. The van der Waals surface area contributed by atoms with Gasteiger partial charge in [0, 0.05) is 108 Å². The summed E-state index contributed by atoms with van der Waals surface area (Å²) >= 11 is 9.74. The Morgan fingerprint density at radius 3 is 1.29 bits per heavy atom. The van der Waals surface area contributed by atoms with Crippen molar-refractivity contribution in [2.75, 3.05) is 19.8 Å². The number of fused-ring (bicyclic) bond motifs is 18. The highest BCUT2D eigenvalue weighted by molar-refractivity contribution is 9.10. The first-order chi connectivity index (χ1) is 57.7. The molecule has 0 amide bonds. The number of esters is 3. The molecule has 0 saturated heterocycles. The van der Waals surface area contributed by atoms with Crippen molar-refractivity contribution in [3.63, 3.8) is 0 Å². The summed E-state index contributed by atoms with van der Waals surface area (Å²) in [4.78, 5) is 36.4. The van der Waals surface area contributed by atoms with E-state index in [0.717, 1.165) is 67.7 Å². The Morgan fingerprint density at radius 1 is 0.376 bits per heavy atom. The Morgan fingerprint density at radius 2 is 0.768 bits per heavy atom. The lowest BCUT2D eigenvalue weighted by Crippen LogP contribution is -3.00. The summed E-state index contributed by atoms with van der Waals surface area (Å²) in [6, 6.07) is 65.0. The van der Waals surface area contributed by atoms with Crippen LogP contribution in [0.15, 0.2) is 272 Å². The fraction of sp³-hybridized carbons (Fsp3) is 0.110. The molecule has 0 atom stereocenters. The molecule has 0 spiro atoms. The smallest absolute Gasteiger partial charge is 0.348 e. The molecule has 0 fully saturated rings. The van der Waals surface area contributed by atoms with Crippen LogP contribution in [0.25, 0.3) is 98.5 Å². The van der Waals surface area contributed by atoms with Gasteiger partial charge in [0.25, 0.3) is 0 Å². The van der Waals surface area contributed by atoms with Crippen molar-refractivity contribution >= 4 is 144 Å². The quantitative estimate of drug-likeness (QED) is 0.0294. The summed E-state index contributed by atoms with van der Waals surface area (Å²) in [5.74, 6) is -3.74. The van der Waals surface area contributed by atoms with Crippen molar-refractivity contribution in [3.8, 4) is 34.5 Å². The molecule has 12 heterocycles. The van der Waals surface area contributed by atoms with Crippen LogP contribution < -0.4 is 107 Å². The average Bonchev–Trinajstić information content (AvgIpc) is 0.710. The molecule has 34 heteroatoms. The van der Waals surface area contributed by atoms with E-state index in [9.17, 15) is 62.6 Å². The zero-order valence-corrected chi connectivity index (χ0v) is 73.0. The van der Waals surface area contributed by atoms with Crippen LogP contribution in [0.4, 0.5) is 17.6 Å². The molecule has 18 aromatic rings. The van der Waals surface area contributed by atoms with Gasteiger partial charge < -0.3 is 107 Å². The number of rotatable bonds is 9. The molecule has 22 nitrogen and oxygen atoms in total. The summed E-state index contributed by atoms with van der Waals surface area (Å²) in [5, 5.41) is 65.2. The van der Waals surface area contributed by atoms with Gasteiger partial charge in [0.05, 0.1) is 64.4 Å². The molecule has 0 bridgehead atoms. The number of benzene rings is 6. The van der Waals surface area contributed by atoms with Crippen molar-refractivity contribution in [3.05, 3.63) is 323 Å². The molecule has 6 aromatic carbocycles. The van der Waals surface area contributed by atoms with E-state index < -0.39 is 51.4 Å². The third-order valence-corrected chi connectivity index (χ3v) is 19.8. The molecule has 0 aliphatic rings. The van der Waals surface area contributed by atoms with Gasteiger partial charge >= 0.3 is 17.9 Å². The lowest BCUT2D eigenvalue weighted by molar-refractivity contribution is -2.00. The normalized spacial score (nSPS) is 10.6. The number of pyridine rings is 12. The zero-order chi connectivity index (χ0) is 85.8. The first kappa shape index (κ1) is 100. The molecule has 648 valence electrons. The largest absolute Gasteiger partial charge is 1.00 e. The maximum atomic E-state index is 14.1. The fourth-order valence-corrected chi connectivity index (χ4v) is 14.5. The first-order valence-corrected chi connectivity index (χ1v) is 39.6. The minimum atomic E-state index is -4.94. The Kier molecular flexibility index (Phi) is 35.6. The van der Waals surface area contributed by atoms with E-state index >= 15 is 0 Å². The molecule has 18 rings (SSSR count). The second-order valence-electron chi connectivity index (χ2n) is 26.4. The second-order valence-corrected chi connectivity index (χ2v) is 28.5. The van der Waals surface area contributed by atoms with Crippen LogP contribution in [-0.4, -0.2) is 68.4 Å². The van der Waals surface area contributed by atoms with Gasteiger partial charge in [0.15, 0.2) is 71.1 Å². The van der Waals surface area contributed by atoms with E-state index in [1.807, 2.05) is 114 Å². The standard InChI is InChI=1S/C17H16ClNO.3C16H12FNO3.C13H8BrNO.C13H8FNO.ClHO4.5ClH/c1-2-3-7-12-15-10-4-5-11-19(15)16-13(17(12)20)8-6-9-14(16)18;1-2-21-16(20)14-12-7-3-4-9-18(12)11-8-5-6-10(17)13(11)15(14)19;1-2-21-16(20)14-13-5-3-4-8-18(13)12-7-6-10(17)9-11(12)15(14)19;1-2-21-16(20)14-12-5-3-4-8-18(12)13-9-10(17)6-7-11(13)15(14)19;14-9-4-5-12-11(7-9)13(16)8-10-3-1-2-6-15(10)12;14-9-4-5-11-12(7-9)15-6-2-1-3-10(15)8-13(11)16;2-1(3,4)5;;;;;/h4-6,8-11H,2-3,7H2,1H3;3*3-9H,2H2,1H3;2*1-8H;(H,2,3,4,5);5*1H. The number of aryl methyl sites for hydroxylation is 1. The summed E-state index contributed by atoms with van der Waals surface area (Å²) in [5.41, 5.74) is 9.46. The molecule has 0 saturated carbocycles. The monoisotopic (exact) mass is 1910 g/mol. The van der Waals surface area contributed by atoms with Crippen LogP contribution in [0.1, 0.15) is 77.2 Å². The minimum absolute atomic E-state index is 0. The van der Waals surface area contributed by atoms with E-state index in [4.69, 9.17) is 44.4 Å². The average molecular weight is 1910 g/mol. The number of hydrogen-bond donors (Lipinski definition) is 6. The molecule has 0 unspecified atom stereocenters. The number of carbonyl (C=O) groups is 3. The molecular formula is C91H74BrCl7F4N6O16. The highest BCUT2D eigenvalue weighted by Gasteiger charge is 2.32. The Bertz CT molecular complexity index is 6980.